The van der Waals surface area contributed by atoms with Gasteiger partial charge >= 0.3 is 0 Å². The summed E-state index contributed by atoms with van der Waals surface area (Å²) in [5.74, 6) is -0.647. The maximum atomic E-state index is 13.5. The van der Waals surface area contributed by atoms with Gasteiger partial charge in [0.05, 0.1) is 18.7 Å². The number of nitrogens with zero attached hydrogens (tertiary/aromatic N) is 3. The normalized spacial score (nSPS) is 11.1. The highest BCUT2D eigenvalue weighted by molar-refractivity contribution is 6.04. The molecule has 0 saturated heterocycles. The number of pyridine rings is 1. The number of anilines is 2. The van der Waals surface area contributed by atoms with Gasteiger partial charge in [0.15, 0.2) is 0 Å². The molecule has 1 atom stereocenters. The number of aromatic nitrogens is 1. The predicted octanol–water partition coefficient (Wildman–Crippen LogP) is 3.37. The van der Waals surface area contributed by atoms with E-state index >= 15 is 0 Å². The van der Waals surface area contributed by atoms with Gasteiger partial charge in [-0.3, -0.25) is 19.2 Å². The Balaban J connectivity index is 1.45. The van der Waals surface area contributed by atoms with Crippen molar-refractivity contribution in [2.24, 2.45) is 0 Å². The van der Waals surface area contributed by atoms with Gasteiger partial charge < -0.3 is 24.8 Å². The zero-order valence-corrected chi connectivity index (χ0v) is 23.1. The number of methoxy groups -OCH3 is 1. The molecule has 4 rings (SSSR count). The van der Waals surface area contributed by atoms with Crippen LogP contribution < -0.4 is 25.8 Å². The van der Waals surface area contributed by atoms with Gasteiger partial charge in [0.1, 0.15) is 18.3 Å². The quantitative estimate of drug-likeness (QED) is 0.304. The summed E-state index contributed by atoms with van der Waals surface area (Å²) in [6.07, 6.45) is 1.65. The van der Waals surface area contributed by atoms with Crippen molar-refractivity contribution in [3.05, 3.63) is 124 Å². The largest absolute Gasteiger partial charge is 0.497 e. The lowest BCUT2D eigenvalue weighted by atomic mass is 10.0. The van der Waals surface area contributed by atoms with E-state index in [4.69, 9.17) is 10.00 Å². The van der Waals surface area contributed by atoms with Crippen LogP contribution in [0.5, 0.6) is 5.75 Å². The van der Waals surface area contributed by atoms with Gasteiger partial charge in [0, 0.05) is 42.7 Å². The molecule has 1 aromatic heterocycles. The summed E-state index contributed by atoms with van der Waals surface area (Å²) in [6, 6.07) is 26.2. The lowest BCUT2D eigenvalue weighted by Crippen LogP contribution is -2.50. The van der Waals surface area contributed by atoms with Gasteiger partial charge in [0.25, 0.3) is 11.5 Å². The van der Waals surface area contributed by atoms with Gasteiger partial charge in [0.2, 0.25) is 11.8 Å². The summed E-state index contributed by atoms with van der Waals surface area (Å²) in [6.45, 7) is -0.326. The fourth-order valence-corrected chi connectivity index (χ4v) is 4.23. The van der Waals surface area contributed by atoms with Crippen molar-refractivity contribution >= 4 is 29.1 Å². The molecule has 0 spiro atoms. The summed E-state index contributed by atoms with van der Waals surface area (Å²) < 4.78 is 6.37. The van der Waals surface area contributed by atoms with Gasteiger partial charge in [-0.15, -0.1) is 0 Å². The molecule has 0 aliphatic carbocycles. The first-order chi connectivity index (χ1) is 20.3. The molecule has 42 heavy (non-hydrogen) atoms. The topological polar surface area (TPSA) is 134 Å². The zero-order valence-electron chi connectivity index (χ0n) is 23.1. The Morgan fingerprint density at radius 3 is 2.29 bits per heavy atom. The van der Waals surface area contributed by atoms with E-state index < -0.39 is 23.4 Å². The molecule has 3 amide bonds. The lowest BCUT2D eigenvalue weighted by Gasteiger charge is -2.25. The highest BCUT2D eigenvalue weighted by Crippen LogP contribution is 2.19. The van der Waals surface area contributed by atoms with Crippen LogP contribution in [0, 0.1) is 11.3 Å². The number of likely N-dealkylation sites (N-methyl/N-ethyl adjacent to an activating group) is 1. The van der Waals surface area contributed by atoms with Crippen LogP contribution in [0.25, 0.3) is 0 Å². The number of carbonyl (C=O) groups is 3. The third-order valence-corrected chi connectivity index (χ3v) is 6.55. The highest BCUT2D eigenvalue weighted by Gasteiger charge is 2.25. The van der Waals surface area contributed by atoms with Crippen LogP contribution in [-0.2, 0) is 22.6 Å². The van der Waals surface area contributed by atoms with Gasteiger partial charge in [-0.2, -0.15) is 5.26 Å². The first-order valence-corrected chi connectivity index (χ1v) is 13.0. The van der Waals surface area contributed by atoms with Crippen LogP contribution in [0.3, 0.4) is 0 Å². The van der Waals surface area contributed by atoms with Crippen LogP contribution in [0.1, 0.15) is 21.5 Å². The summed E-state index contributed by atoms with van der Waals surface area (Å²) >= 11 is 0. The maximum Gasteiger partial charge on any atom is 0.255 e. The van der Waals surface area contributed by atoms with E-state index in [0.717, 1.165) is 5.56 Å². The van der Waals surface area contributed by atoms with E-state index in [1.54, 1.807) is 38.4 Å². The molecular formula is C32H29N5O5. The summed E-state index contributed by atoms with van der Waals surface area (Å²) in [5.41, 5.74) is 1.98. The minimum atomic E-state index is -0.895. The first kappa shape index (κ1) is 29.3. The van der Waals surface area contributed by atoms with E-state index in [0.29, 0.717) is 22.6 Å². The highest BCUT2D eigenvalue weighted by atomic mass is 16.5. The second-order valence-electron chi connectivity index (χ2n) is 9.43. The number of amides is 3. The number of hydrogen-bond acceptors (Lipinski definition) is 6. The van der Waals surface area contributed by atoms with Crippen LogP contribution in [0.15, 0.2) is 102 Å². The van der Waals surface area contributed by atoms with E-state index in [2.05, 4.69) is 10.6 Å². The Labute approximate surface area is 242 Å². The van der Waals surface area contributed by atoms with Gasteiger partial charge in [-0.05, 0) is 60.2 Å². The maximum absolute atomic E-state index is 13.5. The third-order valence-electron chi connectivity index (χ3n) is 6.55. The fourth-order valence-electron chi connectivity index (χ4n) is 4.23. The monoisotopic (exact) mass is 563 g/mol. The average molecular weight is 564 g/mol. The smallest absolute Gasteiger partial charge is 0.255 e. The van der Waals surface area contributed by atoms with Crippen molar-refractivity contribution in [3.63, 3.8) is 0 Å². The summed E-state index contributed by atoms with van der Waals surface area (Å²) in [5, 5.41) is 14.3. The molecule has 3 aromatic carbocycles. The van der Waals surface area contributed by atoms with Gasteiger partial charge in [-0.25, -0.2) is 0 Å². The summed E-state index contributed by atoms with van der Waals surface area (Å²) in [7, 11) is 3.19. The standard InChI is InChI=1S/C32H29N5O5/c1-36(26-12-14-27(42-2)15-13-26)32(41)28(18-22-6-4-3-5-7-22)35-29(38)21-37-17-16-25(19-30(37)39)34-31(40)24-10-8-23(20-33)9-11-24/h3-17,19,28H,18,21H2,1-2H3,(H,34,40)(H,35,38)/t28-/m0/s1. The number of ether oxygens (including phenoxy) is 1. The Kier molecular flexibility index (Phi) is 9.48. The van der Waals surface area contributed by atoms with Crippen LogP contribution in [-0.4, -0.2) is 42.5 Å². The Morgan fingerprint density at radius 2 is 1.67 bits per heavy atom. The lowest BCUT2D eigenvalue weighted by molar-refractivity contribution is -0.127. The molecule has 0 radical (unpaired) electrons. The second kappa shape index (κ2) is 13.6. The van der Waals surface area contributed by atoms with E-state index in [1.807, 2.05) is 36.4 Å². The van der Waals surface area contributed by atoms with Crippen LogP contribution in [0.2, 0.25) is 0 Å². The van der Waals surface area contributed by atoms with Crippen molar-refractivity contribution in [1.82, 2.24) is 9.88 Å². The predicted molar refractivity (Wildman–Crippen MR) is 158 cm³/mol. The number of nitriles is 1. The van der Waals surface area contributed by atoms with Crippen molar-refractivity contribution < 1.29 is 19.1 Å². The molecule has 10 nitrogen and oxygen atoms in total. The molecule has 2 N–H and O–H groups in total. The molecule has 0 saturated carbocycles. The van der Waals surface area contributed by atoms with E-state index in [1.165, 1.54) is 52.1 Å². The average Bonchev–Trinajstić information content (AvgIpc) is 3.02. The fraction of sp³-hybridized carbons (Fsp3) is 0.156. The number of nitrogens with one attached hydrogen (secondary N) is 2. The number of benzene rings is 3. The van der Waals surface area contributed by atoms with E-state index in [-0.39, 0.29) is 24.6 Å². The van der Waals surface area contributed by atoms with Crippen molar-refractivity contribution in [3.8, 4) is 11.8 Å². The number of carbonyl (C=O) groups excluding carboxylic acids is 3. The van der Waals surface area contributed by atoms with Crippen LogP contribution in [0.4, 0.5) is 11.4 Å². The second-order valence-corrected chi connectivity index (χ2v) is 9.43. The minimum Gasteiger partial charge on any atom is -0.497 e. The third kappa shape index (κ3) is 7.49. The molecule has 0 aliphatic heterocycles. The van der Waals surface area contributed by atoms with Crippen molar-refractivity contribution in [2.45, 2.75) is 19.0 Å². The molecule has 212 valence electrons. The molecule has 0 aliphatic rings. The zero-order chi connectivity index (χ0) is 30.1. The Bertz CT molecular complexity index is 1660. The minimum absolute atomic E-state index is 0.251. The molecular weight excluding hydrogens is 534 g/mol. The van der Waals surface area contributed by atoms with Gasteiger partial charge in [-0.1, -0.05) is 30.3 Å². The molecule has 1 heterocycles. The number of rotatable bonds is 10. The van der Waals surface area contributed by atoms with Crippen molar-refractivity contribution in [2.75, 3.05) is 24.4 Å². The number of hydrogen-bond donors (Lipinski definition) is 2. The molecule has 4 aromatic rings. The van der Waals surface area contributed by atoms with Crippen molar-refractivity contribution in [1.29, 1.82) is 5.26 Å². The Morgan fingerprint density at radius 1 is 0.976 bits per heavy atom. The molecule has 0 bridgehead atoms. The Hall–Kier alpha value is -5.69. The summed E-state index contributed by atoms with van der Waals surface area (Å²) in [4.78, 5) is 53.3. The van der Waals surface area contributed by atoms with Crippen LogP contribution >= 0.6 is 0 Å². The molecule has 0 unspecified atom stereocenters. The van der Waals surface area contributed by atoms with E-state index in [9.17, 15) is 19.2 Å². The SMILES string of the molecule is COc1ccc(N(C)C(=O)[C@H](Cc2ccccc2)NC(=O)Cn2ccc(NC(=O)c3ccc(C#N)cc3)cc2=O)cc1. The molecule has 0 fully saturated rings. The molecule has 10 heteroatoms. The first-order valence-electron chi connectivity index (χ1n) is 13.0.